The lowest BCUT2D eigenvalue weighted by Crippen LogP contribution is -2.23. The van der Waals surface area contributed by atoms with Crippen LogP contribution < -0.4 is 10.6 Å². The number of hydrogen-bond acceptors (Lipinski definition) is 5. The molecule has 0 bridgehead atoms. The van der Waals surface area contributed by atoms with Gasteiger partial charge >= 0.3 is 5.97 Å². The molecule has 1 amide bonds. The van der Waals surface area contributed by atoms with Gasteiger partial charge in [-0.3, -0.25) is 4.79 Å². The number of aryl methyl sites for hydroxylation is 1. The molecular weight excluding hydrogens is 366 g/mol. The average molecular weight is 391 g/mol. The molecule has 2 aromatic carbocycles. The topological polar surface area (TPSA) is 91.2 Å². The van der Waals surface area contributed by atoms with Crippen molar-refractivity contribution in [2.24, 2.45) is 0 Å². The third-order valence-corrected chi connectivity index (χ3v) is 4.65. The van der Waals surface area contributed by atoms with Gasteiger partial charge in [-0.05, 0) is 81.1 Å². The van der Waals surface area contributed by atoms with Crippen molar-refractivity contribution in [2.45, 2.75) is 52.2 Å². The molecule has 0 saturated heterocycles. The van der Waals surface area contributed by atoms with Crippen molar-refractivity contribution >= 4 is 23.3 Å². The Morgan fingerprint density at radius 1 is 1.17 bits per heavy atom. The van der Waals surface area contributed by atoms with Gasteiger partial charge in [0.15, 0.2) is 0 Å². The van der Waals surface area contributed by atoms with E-state index in [1.54, 1.807) is 12.1 Å². The molecular formula is C23H25N3O3. The Hall–Kier alpha value is -3.33. The first kappa shape index (κ1) is 20.4. The van der Waals surface area contributed by atoms with E-state index in [9.17, 15) is 14.9 Å². The third-order valence-electron chi connectivity index (χ3n) is 4.65. The maximum absolute atomic E-state index is 12.2. The number of anilines is 2. The van der Waals surface area contributed by atoms with Crippen LogP contribution in [0.15, 0.2) is 36.4 Å². The number of rotatable bonds is 4. The number of esters is 1. The van der Waals surface area contributed by atoms with Crippen molar-refractivity contribution < 1.29 is 14.3 Å². The first-order valence-electron chi connectivity index (χ1n) is 9.61. The molecule has 29 heavy (non-hydrogen) atoms. The van der Waals surface area contributed by atoms with Crippen molar-refractivity contribution in [3.05, 3.63) is 58.7 Å². The van der Waals surface area contributed by atoms with Crippen molar-refractivity contribution in [1.29, 1.82) is 5.26 Å². The molecule has 2 aromatic rings. The summed E-state index contributed by atoms with van der Waals surface area (Å²) in [6, 6.07) is 13.2. The van der Waals surface area contributed by atoms with E-state index in [2.05, 4.69) is 16.7 Å². The van der Waals surface area contributed by atoms with E-state index >= 15 is 0 Å². The molecule has 0 aliphatic heterocycles. The highest BCUT2D eigenvalue weighted by Gasteiger charge is 2.25. The summed E-state index contributed by atoms with van der Waals surface area (Å²) in [5, 5.41) is 15.6. The maximum atomic E-state index is 12.2. The molecule has 0 aromatic heterocycles. The summed E-state index contributed by atoms with van der Waals surface area (Å²) in [5.74, 6) is -0.543. The van der Waals surface area contributed by atoms with Crippen LogP contribution in [0.25, 0.3) is 0 Å². The molecule has 150 valence electrons. The number of hydrogen-bond donors (Lipinski definition) is 2. The Labute approximate surface area is 170 Å². The van der Waals surface area contributed by atoms with Gasteiger partial charge in [0.05, 0.1) is 22.9 Å². The van der Waals surface area contributed by atoms with Gasteiger partial charge in [-0.25, -0.2) is 4.79 Å². The van der Waals surface area contributed by atoms with E-state index in [4.69, 9.17) is 4.74 Å². The number of benzene rings is 2. The lowest BCUT2D eigenvalue weighted by atomic mass is 10.0. The van der Waals surface area contributed by atoms with Crippen molar-refractivity contribution in [1.82, 2.24) is 0 Å². The molecule has 0 saturated carbocycles. The second-order valence-electron chi connectivity index (χ2n) is 8.20. The van der Waals surface area contributed by atoms with Crippen LogP contribution in [0.2, 0.25) is 0 Å². The molecule has 3 rings (SSSR count). The number of nitrogens with one attached hydrogen (secondary N) is 2. The summed E-state index contributed by atoms with van der Waals surface area (Å²) >= 11 is 0. The summed E-state index contributed by atoms with van der Waals surface area (Å²) < 4.78 is 5.39. The van der Waals surface area contributed by atoms with Crippen molar-refractivity contribution in [3.63, 3.8) is 0 Å². The van der Waals surface area contributed by atoms with Gasteiger partial charge in [-0.15, -0.1) is 0 Å². The highest BCUT2D eigenvalue weighted by Crippen LogP contribution is 2.37. The summed E-state index contributed by atoms with van der Waals surface area (Å²) in [4.78, 5) is 23.5. The number of carbonyl (C=O) groups excluding carboxylic acids is 2. The highest BCUT2D eigenvalue weighted by molar-refractivity contribution is 5.91. The number of carbonyl (C=O) groups is 2. The first-order valence-corrected chi connectivity index (χ1v) is 9.61. The minimum atomic E-state index is -0.532. The minimum Gasteiger partial charge on any atom is -0.456 e. The molecule has 1 unspecified atom stereocenters. The molecule has 1 aliphatic rings. The van der Waals surface area contributed by atoms with E-state index in [0.29, 0.717) is 16.8 Å². The number of nitriles is 1. The van der Waals surface area contributed by atoms with Gasteiger partial charge < -0.3 is 15.4 Å². The lowest BCUT2D eigenvalue weighted by molar-refractivity contribution is -0.114. The number of amides is 1. The van der Waals surface area contributed by atoms with Crippen LogP contribution in [0.3, 0.4) is 0 Å². The third kappa shape index (κ3) is 4.94. The van der Waals surface area contributed by atoms with E-state index in [0.717, 1.165) is 29.7 Å². The Morgan fingerprint density at radius 3 is 2.45 bits per heavy atom. The molecule has 1 atom stereocenters. The summed E-state index contributed by atoms with van der Waals surface area (Å²) in [6.45, 7) is 6.95. The van der Waals surface area contributed by atoms with E-state index in [1.165, 1.54) is 6.92 Å². The minimum absolute atomic E-state index is 0.0656. The fourth-order valence-electron chi connectivity index (χ4n) is 3.43. The van der Waals surface area contributed by atoms with Gasteiger partial charge in [-0.2, -0.15) is 5.26 Å². The van der Waals surface area contributed by atoms with Gasteiger partial charge in [0.25, 0.3) is 0 Å². The Balaban J connectivity index is 1.76. The van der Waals surface area contributed by atoms with Crippen LogP contribution in [-0.2, 0) is 16.0 Å². The summed E-state index contributed by atoms with van der Waals surface area (Å²) in [5.41, 5.74) is 4.05. The maximum Gasteiger partial charge on any atom is 0.338 e. The highest BCUT2D eigenvalue weighted by atomic mass is 16.6. The smallest absolute Gasteiger partial charge is 0.338 e. The van der Waals surface area contributed by atoms with Gasteiger partial charge in [0, 0.05) is 12.6 Å². The molecule has 0 radical (unpaired) electrons. The van der Waals surface area contributed by atoms with E-state index in [-0.39, 0.29) is 17.9 Å². The predicted molar refractivity (Wildman–Crippen MR) is 112 cm³/mol. The Kier molecular flexibility index (Phi) is 5.60. The van der Waals surface area contributed by atoms with Crippen molar-refractivity contribution in [3.8, 4) is 6.07 Å². The van der Waals surface area contributed by atoms with Gasteiger partial charge in [-0.1, -0.05) is 0 Å². The van der Waals surface area contributed by atoms with Gasteiger partial charge in [0.1, 0.15) is 11.7 Å². The van der Waals surface area contributed by atoms with Crippen LogP contribution in [0.1, 0.15) is 67.2 Å². The molecule has 6 heteroatoms. The van der Waals surface area contributed by atoms with Crippen LogP contribution >= 0.6 is 0 Å². The quantitative estimate of drug-likeness (QED) is 0.745. The number of nitrogens with zero attached hydrogens (tertiary/aromatic N) is 1. The standard InChI is InChI=1S/C23H25N3O3/c1-14(27)25-21-12-16-7-10-20(19(16)11-17(21)13-24)26-18-8-5-15(6-9-18)22(28)29-23(2,3)4/h5-6,8-9,11-12,20,26H,7,10H2,1-4H3,(H,25,27). The van der Waals surface area contributed by atoms with E-state index in [1.807, 2.05) is 45.0 Å². The SMILES string of the molecule is CC(=O)Nc1cc2c(cc1C#N)C(Nc1ccc(C(=O)OC(C)(C)C)cc1)CC2. The fraction of sp³-hybridized carbons (Fsp3) is 0.348. The van der Waals surface area contributed by atoms with Crippen LogP contribution in [0, 0.1) is 11.3 Å². The number of fused-ring (bicyclic) bond motifs is 1. The normalized spacial score (nSPS) is 15.2. The summed E-state index contributed by atoms with van der Waals surface area (Å²) in [6.07, 6.45) is 1.75. The van der Waals surface area contributed by atoms with Crippen LogP contribution in [-0.4, -0.2) is 17.5 Å². The predicted octanol–water partition coefficient (Wildman–Crippen LogP) is 4.57. The van der Waals surface area contributed by atoms with Crippen molar-refractivity contribution in [2.75, 3.05) is 10.6 Å². The Morgan fingerprint density at radius 2 is 1.86 bits per heavy atom. The monoisotopic (exact) mass is 391 g/mol. The molecule has 1 aliphatic carbocycles. The zero-order valence-electron chi connectivity index (χ0n) is 17.1. The molecule has 0 heterocycles. The average Bonchev–Trinajstić information content (AvgIpc) is 3.01. The molecule has 0 fully saturated rings. The van der Waals surface area contributed by atoms with Gasteiger partial charge in [0.2, 0.25) is 5.91 Å². The second kappa shape index (κ2) is 7.96. The van der Waals surface area contributed by atoms with Crippen LogP contribution in [0.4, 0.5) is 11.4 Å². The Bertz CT molecular complexity index is 982. The molecule has 0 spiro atoms. The lowest BCUT2D eigenvalue weighted by Gasteiger charge is -2.20. The van der Waals surface area contributed by atoms with E-state index < -0.39 is 5.60 Å². The molecule has 2 N–H and O–H groups in total. The summed E-state index contributed by atoms with van der Waals surface area (Å²) in [7, 11) is 0. The fourth-order valence-corrected chi connectivity index (χ4v) is 3.43. The first-order chi connectivity index (χ1) is 13.7. The van der Waals surface area contributed by atoms with Crippen LogP contribution in [0.5, 0.6) is 0 Å². The largest absolute Gasteiger partial charge is 0.456 e. The zero-order chi connectivity index (χ0) is 21.2. The molecule has 6 nitrogen and oxygen atoms in total. The second-order valence-corrected chi connectivity index (χ2v) is 8.20. The zero-order valence-corrected chi connectivity index (χ0v) is 17.1. The number of ether oxygens (including phenoxy) is 1.